The summed E-state index contributed by atoms with van der Waals surface area (Å²) in [6.45, 7) is 2.84. The summed E-state index contributed by atoms with van der Waals surface area (Å²) in [6, 6.07) is 0.549. The van der Waals surface area contributed by atoms with Gasteiger partial charge in [0.05, 0.1) is 0 Å². The molecule has 96 valence electrons. The van der Waals surface area contributed by atoms with Crippen LogP contribution in [0.3, 0.4) is 0 Å². The Balaban J connectivity index is 0.00000144. The van der Waals surface area contributed by atoms with Crippen LogP contribution in [-0.2, 0) is 6.54 Å². The maximum absolute atomic E-state index is 5.96. The summed E-state index contributed by atoms with van der Waals surface area (Å²) in [5.74, 6) is 0. The molecule has 0 saturated carbocycles. The quantitative estimate of drug-likeness (QED) is 0.662. The summed E-state index contributed by atoms with van der Waals surface area (Å²) in [5, 5.41) is 7.40. The molecule has 0 amide bonds. The van der Waals surface area contributed by atoms with Crippen LogP contribution in [0.2, 0.25) is 10.4 Å². The molecule has 2 heterocycles. The maximum atomic E-state index is 5.96. The Morgan fingerprint density at radius 3 is 2.71 bits per heavy atom. The summed E-state index contributed by atoms with van der Waals surface area (Å²) in [4.78, 5) is 7.83. The maximum Gasteiger partial charge on any atom is 0.223 e. The third kappa shape index (κ3) is 4.56. The van der Waals surface area contributed by atoms with Gasteiger partial charge in [-0.3, -0.25) is 0 Å². The Morgan fingerprint density at radius 2 is 2.06 bits per heavy atom. The largest absolute Gasteiger partial charge is 0.317 e. The lowest BCUT2D eigenvalue weighted by Gasteiger charge is -2.23. The van der Waals surface area contributed by atoms with Crippen molar-refractivity contribution in [3.63, 3.8) is 0 Å². The second kappa shape index (κ2) is 7.34. The number of rotatable bonds is 3. The van der Waals surface area contributed by atoms with Crippen LogP contribution in [0, 0.1) is 0 Å². The van der Waals surface area contributed by atoms with Gasteiger partial charge in [0, 0.05) is 24.3 Å². The predicted octanol–water partition coefficient (Wildman–Crippen LogP) is 2.05. The Labute approximate surface area is 117 Å². The normalized spacial score (nSPS) is 16.6. The summed E-state index contributed by atoms with van der Waals surface area (Å²) in [7, 11) is 0. The second-order valence-electron chi connectivity index (χ2n) is 3.86. The second-order valence-corrected chi connectivity index (χ2v) is 4.56. The molecule has 0 atom stereocenters. The molecular formula is C10H15Cl3N4. The molecule has 0 bridgehead atoms. The molecule has 2 rings (SSSR count). The standard InChI is InChI=1S/C10H14Cl2N4.ClH/c11-9-7(6-15-10(12)16-9)5-14-8-1-3-13-4-2-8;/h6,8,13-14H,1-5H2;1H. The molecule has 0 spiro atoms. The van der Waals surface area contributed by atoms with Crippen LogP contribution < -0.4 is 10.6 Å². The molecule has 1 aromatic rings. The van der Waals surface area contributed by atoms with E-state index >= 15 is 0 Å². The Kier molecular flexibility index (Phi) is 6.44. The fourth-order valence-corrected chi connectivity index (χ4v) is 2.14. The lowest BCUT2D eigenvalue weighted by Crippen LogP contribution is -2.39. The van der Waals surface area contributed by atoms with Gasteiger partial charge in [-0.15, -0.1) is 12.4 Å². The third-order valence-corrected chi connectivity index (χ3v) is 3.21. The number of nitrogens with one attached hydrogen (secondary N) is 2. The number of piperidine rings is 1. The minimum absolute atomic E-state index is 0. The first-order valence-electron chi connectivity index (χ1n) is 5.37. The van der Waals surface area contributed by atoms with Crippen molar-refractivity contribution in [1.29, 1.82) is 0 Å². The van der Waals surface area contributed by atoms with E-state index in [-0.39, 0.29) is 17.7 Å². The number of nitrogens with zero attached hydrogens (tertiary/aromatic N) is 2. The van der Waals surface area contributed by atoms with Gasteiger partial charge in [0.25, 0.3) is 0 Å². The SMILES string of the molecule is Cl.Clc1ncc(CNC2CCNCC2)c(Cl)n1. The van der Waals surface area contributed by atoms with E-state index < -0.39 is 0 Å². The zero-order valence-corrected chi connectivity index (χ0v) is 11.6. The van der Waals surface area contributed by atoms with Crippen molar-refractivity contribution >= 4 is 35.6 Å². The highest BCUT2D eigenvalue weighted by Crippen LogP contribution is 2.14. The molecule has 2 N–H and O–H groups in total. The molecule has 0 aromatic carbocycles. The van der Waals surface area contributed by atoms with Crippen LogP contribution in [0.25, 0.3) is 0 Å². The van der Waals surface area contributed by atoms with Gasteiger partial charge in [0.15, 0.2) is 0 Å². The Bertz CT molecular complexity index is 355. The van der Waals surface area contributed by atoms with Crippen molar-refractivity contribution in [3.05, 3.63) is 22.2 Å². The predicted molar refractivity (Wildman–Crippen MR) is 72.0 cm³/mol. The van der Waals surface area contributed by atoms with Crippen LogP contribution in [0.4, 0.5) is 0 Å². The van der Waals surface area contributed by atoms with Crippen LogP contribution in [0.5, 0.6) is 0 Å². The third-order valence-electron chi connectivity index (χ3n) is 2.70. The van der Waals surface area contributed by atoms with E-state index in [1.165, 1.54) is 0 Å². The molecular weight excluding hydrogens is 282 g/mol. The highest BCUT2D eigenvalue weighted by atomic mass is 35.5. The van der Waals surface area contributed by atoms with Crippen molar-refractivity contribution in [2.75, 3.05) is 13.1 Å². The average molecular weight is 298 g/mol. The van der Waals surface area contributed by atoms with Crippen molar-refractivity contribution in [2.24, 2.45) is 0 Å². The molecule has 1 fully saturated rings. The van der Waals surface area contributed by atoms with Gasteiger partial charge in [0.1, 0.15) is 5.15 Å². The van der Waals surface area contributed by atoms with Gasteiger partial charge in [0.2, 0.25) is 5.28 Å². The van der Waals surface area contributed by atoms with Crippen LogP contribution in [0.15, 0.2) is 6.20 Å². The van der Waals surface area contributed by atoms with E-state index in [9.17, 15) is 0 Å². The molecule has 1 aromatic heterocycles. The lowest BCUT2D eigenvalue weighted by atomic mass is 10.1. The first-order valence-corrected chi connectivity index (χ1v) is 6.12. The van der Waals surface area contributed by atoms with E-state index in [4.69, 9.17) is 23.2 Å². The zero-order chi connectivity index (χ0) is 11.4. The van der Waals surface area contributed by atoms with E-state index in [0.29, 0.717) is 17.7 Å². The van der Waals surface area contributed by atoms with E-state index in [0.717, 1.165) is 31.5 Å². The van der Waals surface area contributed by atoms with Gasteiger partial charge in [-0.25, -0.2) is 9.97 Å². The number of aromatic nitrogens is 2. The molecule has 7 heteroatoms. The molecule has 17 heavy (non-hydrogen) atoms. The van der Waals surface area contributed by atoms with E-state index in [1.54, 1.807) is 6.20 Å². The van der Waals surface area contributed by atoms with Gasteiger partial charge < -0.3 is 10.6 Å². The summed E-state index contributed by atoms with van der Waals surface area (Å²) in [6.07, 6.45) is 3.96. The van der Waals surface area contributed by atoms with Gasteiger partial charge in [-0.05, 0) is 37.5 Å². The molecule has 1 aliphatic heterocycles. The van der Waals surface area contributed by atoms with Gasteiger partial charge >= 0.3 is 0 Å². The van der Waals surface area contributed by atoms with Crippen molar-refractivity contribution in [3.8, 4) is 0 Å². The summed E-state index contributed by atoms with van der Waals surface area (Å²) < 4.78 is 0. The first kappa shape index (κ1) is 14.9. The topological polar surface area (TPSA) is 49.8 Å². The molecule has 4 nitrogen and oxygen atoms in total. The fraction of sp³-hybridized carbons (Fsp3) is 0.600. The Hall–Kier alpha value is -0.130. The van der Waals surface area contributed by atoms with Crippen molar-refractivity contribution in [2.45, 2.75) is 25.4 Å². The van der Waals surface area contributed by atoms with Gasteiger partial charge in [-0.1, -0.05) is 11.6 Å². The number of hydrogen-bond donors (Lipinski definition) is 2. The number of halogens is 3. The molecule has 1 aliphatic rings. The molecule has 0 unspecified atom stereocenters. The summed E-state index contributed by atoms with van der Waals surface area (Å²) in [5.41, 5.74) is 0.893. The van der Waals surface area contributed by atoms with Crippen LogP contribution in [-0.4, -0.2) is 29.1 Å². The van der Waals surface area contributed by atoms with Crippen LogP contribution in [0.1, 0.15) is 18.4 Å². The highest BCUT2D eigenvalue weighted by Gasteiger charge is 2.13. The minimum Gasteiger partial charge on any atom is -0.317 e. The van der Waals surface area contributed by atoms with E-state index in [2.05, 4.69) is 20.6 Å². The van der Waals surface area contributed by atoms with Crippen molar-refractivity contribution < 1.29 is 0 Å². The van der Waals surface area contributed by atoms with E-state index in [1.807, 2.05) is 0 Å². The monoisotopic (exact) mass is 296 g/mol. The number of hydrogen-bond acceptors (Lipinski definition) is 4. The molecule has 1 saturated heterocycles. The molecule has 0 radical (unpaired) electrons. The van der Waals surface area contributed by atoms with Crippen molar-refractivity contribution in [1.82, 2.24) is 20.6 Å². The van der Waals surface area contributed by atoms with Crippen LogP contribution >= 0.6 is 35.6 Å². The highest BCUT2D eigenvalue weighted by molar-refractivity contribution is 6.32. The zero-order valence-electron chi connectivity index (χ0n) is 9.25. The fourth-order valence-electron chi connectivity index (χ4n) is 1.77. The smallest absolute Gasteiger partial charge is 0.223 e. The minimum atomic E-state index is 0. The Morgan fingerprint density at radius 1 is 1.35 bits per heavy atom. The van der Waals surface area contributed by atoms with Gasteiger partial charge in [-0.2, -0.15) is 0 Å². The summed E-state index contributed by atoms with van der Waals surface area (Å²) >= 11 is 11.6. The molecule has 0 aliphatic carbocycles. The first-order chi connectivity index (χ1) is 7.75. The lowest BCUT2D eigenvalue weighted by molar-refractivity contribution is 0.386. The average Bonchev–Trinajstić information content (AvgIpc) is 2.29.